The van der Waals surface area contributed by atoms with Crippen LogP contribution in [0.1, 0.15) is 44.4 Å². The number of nitrogens with one attached hydrogen (secondary N) is 1. The maximum Gasteiger partial charge on any atom is 0.345 e. The first-order valence-electron chi connectivity index (χ1n) is 12.7. The highest BCUT2D eigenvalue weighted by molar-refractivity contribution is 7.14. The molecule has 0 fully saturated rings. The van der Waals surface area contributed by atoms with Crippen molar-refractivity contribution in [2.45, 2.75) is 13.3 Å². The molecule has 0 atom stereocenters. The van der Waals surface area contributed by atoms with Crippen LogP contribution in [0.5, 0.6) is 5.75 Å². The van der Waals surface area contributed by atoms with Crippen molar-refractivity contribution in [3.05, 3.63) is 103 Å². The Balaban J connectivity index is 1.21. The van der Waals surface area contributed by atoms with Gasteiger partial charge in [0, 0.05) is 22.4 Å². The molecule has 0 saturated carbocycles. The topological polar surface area (TPSA) is 119 Å². The normalized spacial score (nSPS) is 12.6. The van der Waals surface area contributed by atoms with Crippen LogP contribution < -0.4 is 20.6 Å². The predicted octanol–water partition coefficient (Wildman–Crippen LogP) is 7.07. The summed E-state index contributed by atoms with van der Waals surface area (Å²) in [6, 6.07) is 15.6. The van der Waals surface area contributed by atoms with Crippen LogP contribution in [-0.2, 0) is 0 Å². The molecule has 3 aromatic carbocycles. The van der Waals surface area contributed by atoms with Crippen molar-refractivity contribution < 1.29 is 23.5 Å². The Labute approximate surface area is 252 Å². The van der Waals surface area contributed by atoms with Crippen LogP contribution in [0, 0.1) is 0 Å². The second-order valence-corrected chi connectivity index (χ2v) is 11.0. The van der Waals surface area contributed by atoms with Crippen LogP contribution in [0.4, 0.5) is 10.8 Å². The number of imide groups is 1. The minimum Gasteiger partial charge on any atom is -0.493 e. The van der Waals surface area contributed by atoms with E-state index in [9.17, 15) is 19.2 Å². The number of amides is 3. The molecule has 5 aromatic rings. The molecule has 6 rings (SSSR count). The number of fused-ring (bicyclic) bond motifs is 2. The standard InChI is InChI=1S/C30H19Cl2N3O6S/c1-2-9-40-18-6-3-15-10-21(29(39)41-25(15)13-18)24-14-42-30(33-24)34-26(36)16-4-7-19-20(11-16)28(38)35(27(19)37)17-5-8-22(31)23(32)12-17/h3-8,10-14H,2,9H2,1H3,(H,33,34,36). The molecule has 3 amide bonds. The zero-order valence-electron chi connectivity index (χ0n) is 21.8. The Morgan fingerprint density at radius 1 is 0.952 bits per heavy atom. The Hall–Kier alpha value is -4.51. The first-order valence-corrected chi connectivity index (χ1v) is 14.3. The summed E-state index contributed by atoms with van der Waals surface area (Å²) < 4.78 is 11.1. The Bertz CT molecular complexity index is 1990. The number of nitrogens with zero attached hydrogens (tertiary/aromatic N) is 2. The zero-order valence-corrected chi connectivity index (χ0v) is 24.1. The number of anilines is 2. The number of benzene rings is 3. The Kier molecular flexibility index (Phi) is 7.28. The van der Waals surface area contributed by atoms with E-state index in [4.69, 9.17) is 32.4 Å². The zero-order chi connectivity index (χ0) is 29.5. The molecule has 0 spiro atoms. The number of thiazole rings is 1. The van der Waals surface area contributed by atoms with E-state index in [0.717, 1.165) is 22.7 Å². The lowest BCUT2D eigenvalue weighted by Crippen LogP contribution is -2.29. The number of ether oxygens (including phenoxy) is 1. The third-order valence-corrected chi connectivity index (χ3v) is 7.99. The maximum absolute atomic E-state index is 13.1. The molecular weight excluding hydrogens is 601 g/mol. The molecule has 0 radical (unpaired) electrons. The van der Waals surface area contributed by atoms with Crippen LogP contribution in [0.25, 0.3) is 22.2 Å². The van der Waals surface area contributed by atoms with E-state index in [1.165, 1.54) is 36.4 Å². The van der Waals surface area contributed by atoms with Gasteiger partial charge in [0.1, 0.15) is 11.3 Å². The van der Waals surface area contributed by atoms with E-state index in [2.05, 4.69) is 10.3 Å². The molecule has 2 aromatic heterocycles. The minimum atomic E-state index is -0.591. The van der Waals surface area contributed by atoms with Gasteiger partial charge in [0.15, 0.2) is 5.13 Å². The average molecular weight is 620 g/mol. The molecule has 1 aliphatic heterocycles. The monoisotopic (exact) mass is 619 g/mol. The van der Waals surface area contributed by atoms with Crippen molar-refractivity contribution in [2.75, 3.05) is 16.8 Å². The van der Waals surface area contributed by atoms with Gasteiger partial charge < -0.3 is 9.15 Å². The minimum absolute atomic E-state index is 0.0792. The number of hydrogen-bond donors (Lipinski definition) is 1. The molecule has 0 bridgehead atoms. The summed E-state index contributed by atoms with van der Waals surface area (Å²) in [5, 5.41) is 5.72. The lowest BCUT2D eigenvalue weighted by Gasteiger charge is -2.14. The highest BCUT2D eigenvalue weighted by atomic mass is 35.5. The summed E-state index contributed by atoms with van der Waals surface area (Å²) >= 11 is 13.2. The van der Waals surface area contributed by atoms with Gasteiger partial charge in [-0.3, -0.25) is 19.7 Å². The third-order valence-electron chi connectivity index (χ3n) is 6.49. The molecule has 9 nitrogen and oxygen atoms in total. The van der Waals surface area contributed by atoms with Gasteiger partial charge in [-0.25, -0.2) is 14.7 Å². The van der Waals surface area contributed by atoms with Crippen LogP contribution >= 0.6 is 34.5 Å². The van der Waals surface area contributed by atoms with E-state index in [0.29, 0.717) is 29.0 Å². The number of aromatic nitrogens is 1. The lowest BCUT2D eigenvalue weighted by atomic mass is 10.1. The highest BCUT2D eigenvalue weighted by Crippen LogP contribution is 2.33. The molecule has 3 heterocycles. The van der Waals surface area contributed by atoms with E-state index in [1.807, 2.05) is 6.92 Å². The van der Waals surface area contributed by atoms with Crippen molar-refractivity contribution in [3.63, 3.8) is 0 Å². The van der Waals surface area contributed by atoms with Crippen molar-refractivity contribution in [1.29, 1.82) is 0 Å². The summed E-state index contributed by atoms with van der Waals surface area (Å²) in [6.07, 6.45) is 0.854. The van der Waals surface area contributed by atoms with E-state index < -0.39 is 23.3 Å². The fourth-order valence-corrected chi connectivity index (χ4v) is 5.44. The number of halogens is 2. The molecule has 210 valence electrons. The molecule has 0 saturated heterocycles. The van der Waals surface area contributed by atoms with E-state index in [1.54, 1.807) is 29.6 Å². The van der Waals surface area contributed by atoms with E-state index >= 15 is 0 Å². The van der Waals surface area contributed by atoms with Crippen molar-refractivity contribution in [2.24, 2.45) is 0 Å². The lowest BCUT2D eigenvalue weighted by molar-refractivity contribution is 0.0925. The maximum atomic E-state index is 13.1. The fraction of sp³-hybridized carbons (Fsp3) is 0.100. The van der Waals surface area contributed by atoms with Crippen LogP contribution in [0.15, 0.2) is 75.3 Å². The summed E-state index contributed by atoms with van der Waals surface area (Å²) in [5.74, 6) is -1.06. The molecule has 0 unspecified atom stereocenters. The smallest absolute Gasteiger partial charge is 0.345 e. The summed E-state index contributed by atoms with van der Waals surface area (Å²) in [5.41, 5.74) is 1.04. The van der Waals surface area contributed by atoms with Crippen molar-refractivity contribution >= 4 is 74.0 Å². The molecule has 1 N–H and O–H groups in total. The van der Waals surface area contributed by atoms with Gasteiger partial charge in [0.05, 0.1) is 44.7 Å². The first-order chi connectivity index (χ1) is 20.2. The summed E-state index contributed by atoms with van der Waals surface area (Å²) in [7, 11) is 0. The Morgan fingerprint density at radius 3 is 2.55 bits per heavy atom. The quantitative estimate of drug-likeness (QED) is 0.153. The Morgan fingerprint density at radius 2 is 1.76 bits per heavy atom. The van der Waals surface area contributed by atoms with Crippen molar-refractivity contribution in [1.82, 2.24) is 4.98 Å². The third kappa shape index (κ3) is 5.04. The number of hydrogen-bond acceptors (Lipinski definition) is 8. The van der Waals surface area contributed by atoms with Crippen LogP contribution in [0.2, 0.25) is 10.0 Å². The van der Waals surface area contributed by atoms with Crippen molar-refractivity contribution in [3.8, 4) is 17.0 Å². The number of carbonyl (C=O) groups is 3. The second kappa shape index (κ2) is 11.1. The van der Waals surface area contributed by atoms with Gasteiger partial charge in [0.25, 0.3) is 17.7 Å². The molecule has 1 aliphatic rings. The average Bonchev–Trinajstić information content (AvgIpc) is 3.54. The van der Waals surface area contributed by atoms with Gasteiger partial charge in [-0.2, -0.15) is 0 Å². The van der Waals surface area contributed by atoms with Gasteiger partial charge in [-0.05, 0) is 61.0 Å². The molecule has 42 heavy (non-hydrogen) atoms. The molecule has 0 aliphatic carbocycles. The first kappa shape index (κ1) is 27.6. The van der Waals surface area contributed by atoms with Crippen LogP contribution in [-0.4, -0.2) is 29.3 Å². The van der Waals surface area contributed by atoms with E-state index in [-0.39, 0.29) is 43.1 Å². The van der Waals surface area contributed by atoms with Gasteiger partial charge >= 0.3 is 5.63 Å². The predicted molar refractivity (Wildman–Crippen MR) is 161 cm³/mol. The van der Waals surface area contributed by atoms with Gasteiger partial charge in [-0.15, -0.1) is 11.3 Å². The van der Waals surface area contributed by atoms with Gasteiger partial charge in [-0.1, -0.05) is 30.1 Å². The largest absolute Gasteiger partial charge is 0.493 e. The second-order valence-electron chi connectivity index (χ2n) is 9.29. The molecule has 12 heteroatoms. The number of carbonyl (C=O) groups excluding carboxylic acids is 3. The van der Waals surface area contributed by atoms with Crippen LogP contribution in [0.3, 0.4) is 0 Å². The SMILES string of the molecule is CCCOc1ccc2cc(-c3csc(NC(=O)c4ccc5c(c4)C(=O)N(c4ccc(Cl)c(Cl)c4)C5=O)n3)c(=O)oc2c1. The summed E-state index contributed by atoms with van der Waals surface area (Å²) in [4.78, 5) is 57.2. The fourth-order valence-electron chi connectivity index (χ4n) is 4.44. The number of rotatable bonds is 7. The molecular formula is C30H19Cl2N3O6S. The highest BCUT2D eigenvalue weighted by Gasteiger charge is 2.37. The summed E-state index contributed by atoms with van der Waals surface area (Å²) in [6.45, 7) is 2.55. The van der Waals surface area contributed by atoms with Gasteiger partial charge in [0.2, 0.25) is 0 Å².